The van der Waals surface area contributed by atoms with Crippen LogP contribution in [0.25, 0.3) is 0 Å². The highest BCUT2D eigenvalue weighted by molar-refractivity contribution is 7.92. The highest BCUT2D eigenvalue weighted by atomic mass is 32.2. The van der Waals surface area contributed by atoms with Gasteiger partial charge in [0, 0.05) is 16.9 Å². The second-order valence-electron chi connectivity index (χ2n) is 8.12. The van der Waals surface area contributed by atoms with E-state index in [0.29, 0.717) is 22.5 Å². The van der Waals surface area contributed by atoms with E-state index in [9.17, 15) is 22.8 Å². The number of amides is 1. The number of benzene rings is 3. The number of aryl methyl sites for hydroxylation is 2. The molecule has 0 saturated carbocycles. The summed E-state index contributed by atoms with van der Waals surface area (Å²) in [4.78, 5) is 36.4. The Morgan fingerprint density at radius 3 is 2.00 bits per heavy atom. The van der Waals surface area contributed by atoms with Crippen molar-refractivity contribution < 1.29 is 27.5 Å². The largest absolute Gasteiger partial charge is 0.449 e. The van der Waals surface area contributed by atoms with E-state index < -0.39 is 28.0 Å². The van der Waals surface area contributed by atoms with Crippen LogP contribution in [0.4, 0.5) is 11.4 Å². The molecule has 0 spiro atoms. The van der Waals surface area contributed by atoms with Crippen molar-refractivity contribution >= 4 is 39.1 Å². The number of carbonyl (C=O) groups is 3. The molecule has 0 bridgehead atoms. The molecule has 9 heteroatoms. The number of ketones is 1. The second kappa shape index (κ2) is 10.5. The molecule has 0 fully saturated rings. The van der Waals surface area contributed by atoms with Gasteiger partial charge in [0.05, 0.1) is 10.5 Å². The lowest BCUT2D eigenvalue weighted by Gasteiger charge is -2.15. The van der Waals surface area contributed by atoms with Gasteiger partial charge in [-0.3, -0.25) is 14.3 Å². The smallest absolute Gasteiger partial charge is 0.338 e. The van der Waals surface area contributed by atoms with Crippen molar-refractivity contribution in [1.29, 1.82) is 0 Å². The van der Waals surface area contributed by atoms with E-state index in [4.69, 9.17) is 4.74 Å². The number of Topliss-reactive ketones (excluding diaryl/α,β-unsaturated/α-hetero) is 1. The summed E-state index contributed by atoms with van der Waals surface area (Å²) in [5.74, 6) is -1.51. The van der Waals surface area contributed by atoms with Crippen LogP contribution in [0.5, 0.6) is 0 Å². The summed E-state index contributed by atoms with van der Waals surface area (Å²) in [5.41, 5.74) is 2.76. The molecule has 1 atom stereocenters. The van der Waals surface area contributed by atoms with E-state index >= 15 is 0 Å². The summed E-state index contributed by atoms with van der Waals surface area (Å²) < 4.78 is 33.6. The van der Waals surface area contributed by atoms with Gasteiger partial charge in [0.1, 0.15) is 0 Å². The number of carbonyl (C=O) groups excluding carboxylic acids is 3. The fourth-order valence-corrected chi connectivity index (χ4v) is 4.49. The molecule has 1 amide bonds. The van der Waals surface area contributed by atoms with Crippen molar-refractivity contribution in [1.82, 2.24) is 0 Å². The van der Waals surface area contributed by atoms with Crippen molar-refractivity contribution in [3.05, 3.63) is 89.0 Å². The number of ether oxygens (including phenoxy) is 1. The van der Waals surface area contributed by atoms with Crippen molar-refractivity contribution in [3.63, 3.8) is 0 Å². The van der Waals surface area contributed by atoms with Gasteiger partial charge in [-0.2, -0.15) is 0 Å². The molecule has 0 aliphatic heterocycles. The summed E-state index contributed by atoms with van der Waals surface area (Å²) in [6.07, 6.45) is -1.15. The molecular formula is C26H26N2O6S. The highest BCUT2D eigenvalue weighted by Crippen LogP contribution is 2.22. The first kappa shape index (κ1) is 25.6. The van der Waals surface area contributed by atoms with Gasteiger partial charge in [-0.05, 0) is 81.8 Å². The van der Waals surface area contributed by atoms with Crippen molar-refractivity contribution in [2.75, 3.05) is 10.0 Å². The van der Waals surface area contributed by atoms with E-state index in [1.807, 2.05) is 6.92 Å². The van der Waals surface area contributed by atoms with Gasteiger partial charge < -0.3 is 10.1 Å². The first-order chi connectivity index (χ1) is 16.5. The van der Waals surface area contributed by atoms with Crippen molar-refractivity contribution in [3.8, 4) is 0 Å². The molecule has 3 aromatic carbocycles. The van der Waals surface area contributed by atoms with Gasteiger partial charge in [0.2, 0.25) is 0 Å². The van der Waals surface area contributed by atoms with Crippen LogP contribution in [0, 0.1) is 13.8 Å². The number of hydrogen-bond acceptors (Lipinski definition) is 6. The van der Waals surface area contributed by atoms with Crippen LogP contribution >= 0.6 is 0 Å². The number of hydrogen-bond donors (Lipinski definition) is 2. The third kappa shape index (κ3) is 6.54. The normalized spacial score (nSPS) is 11.9. The average Bonchev–Trinajstić information content (AvgIpc) is 2.80. The summed E-state index contributed by atoms with van der Waals surface area (Å²) in [6.45, 7) is 6.35. The summed E-state index contributed by atoms with van der Waals surface area (Å²) in [7, 11) is -3.97. The van der Waals surface area contributed by atoms with Gasteiger partial charge in [-0.1, -0.05) is 23.8 Å². The number of nitrogens with one attached hydrogen (secondary N) is 2. The first-order valence-corrected chi connectivity index (χ1v) is 12.3. The van der Waals surface area contributed by atoms with Crippen LogP contribution in [-0.4, -0.2) is 32.2 Å². The third-order valence-electron chi connectivity index (χ3n) is 5.23. The molecule has 0 radical (unpaired) electrons. The van der Waals surface area contributed by atoms with Crippen LogP contribution in [0.1, 0.15) is 45.7 Å². The lowest BCUT2D eigenvalue weighted by atomic mass is 10.1. The Hall–Kier alpha value is -3.98. The van der Waals surface area contributed by atoms with E-state index in [1.165, 1.54) is 32.0 Å². The Morgan fingerprint density at radius 1 is 0.829 bits per heavy atom. The molecule has 0 aliphatic rings. The molecule has 35 heavy (non-hydrogen) atoms. The third-order valence-corrected chi connectivity index (χ3v) is 6.75. The SMILES string of the molecule is CC(=O)c1ccc(NC(=O)C(C)OC(=O)c2ccc(C)c(S(=O)(=O)Nc3ccc(C)cc3)c2)cc1. The molecule has 0 heterocycles. The Kier molecular flexibility index (Phi) is 7.71. The van der Waals surface area contributed by atoms with Crippen LogP contribution in [0.15, 0.2) is 71.6 Å². The maximum Gasteiger partial charge on any atom is 0.338 e. The predicted octanol–water partition coefficient (Wildman–Crippen LogP) is 4.49. The van der Waals surface area contributed by atoms with Crippen LogP contribution < -0.4 is 10.0 Å². The molecule has 3 rings (SSSR count). The summed E-state index contributed by atoms with van der Waals surface area (Å²) >= 11 is 0. The van der Waals surface area contributed by atoms with Crippen LogP contribution in [-0.2, 0) is 19.6 Å². The van der Waals surface area contributed by atoms with Crippen LogP contribution in [0.2, 0.25) is 0 Å². The van der Waals surface area contributed by atoms with Gasteiger partial charge in [0.15, 0.2) is 11.9 Å². The molecule has 182 valence electrons. The molecule has 1 unspecified atom stereocenters. The van der Waals surface area contributed by atoms with Gasteiger partial charge in [-0.15, -0.1) is 0 Å². The molecule has 0 aliphatic carbocycles. The maximum atomic E-state index is 12.9. The Bertz CT molecular complexity index is 1360. The van der Waals surface area contributed by atoms with E-state index in [2.05, 4.69) is 10.0 Å². The highest BCUT2D eigenvalue weighted by Gasteiger charge is 2.23. The quantitative estimate of drug-likeness (QED) is 0.352. The maximum absolute atomic E-state index is 12.9. The fraction of sp³-hybridized carbons (Fsp3) is 0.192. The molecule has 0 saturated heterocycles. The van der Waals surface area contributed by atoms with E-state index in [0.717, 1.165) is 5.56 Å². The standard InChI is InChI=1S/C26H26N2O6S/c1-16-5-11-23(12-6-16)28-35(32,33)24-15-21(8-7-17(24)2)26(31)34-19(4)25(30)27-22-13-9-20(10-14-22)18(3)29/h5-15,19,28H,1-4H3,(H,27,30). The molecule has 8 nitrogen and oxygen atoms in total. The minimum atomic E-state index is -3.97. The lowest BCUT2D eigenvalue weighted by Crippen LogP contribution is -2.30. The van der Waals surface area contributed by atoms with E-state index in [1.54, 1.807) is 55.5 Å². The Labute approximate surface area is 204 Å². The Morgan fingerprint density at radius 2 is 1.40 bits per heavy atom. The van der Waals surface area contributed by atoms with Gasteiger partial charge >= 0.3 is 5.97 Å². The topological polar surface area (TPSA) is 119 Å². The van der Waals surface area contributed by atoms with Gasteiger partial charge in [0.25, 0.3) is 15.9 Å². The van der Waals surface area contributed by atoms with Crippen molar-refractivity contribution in [2.24, 2.45) is 0 Å². The fourth-order valence-electron chi connectivity index (χ4n) is 3.16. The average molecular weight is 495 g/mol. The lowest BCUT2D eigenvalue weighted by molar-refractivity contribution is -0.123. The summed E-state index contributed by atoms with van der Waals surface area (Å²) in [6, 6.07) is 17.3. The number of sulfonamides is 1. The zero-order valence-corrected chi connectivity index (χ0v) is 20.6. The molecule has 2 N–H and O–H groups in total. The first-order valence-electron chi connectivity index (χ1n) is 10.8. The Balaban J connectivity index is 1.71. The zero-order valence-electron chi connectivity index (χ0n) is 19.8. The number of anilines is 2. The number of rotatable bonds is 8. The monoisotopic (exact) mass is 494 g/mol. The van der Waals surface area contributed by atoms with Gasteiger partial charge in [-0.25, -0.2) is 13.2 Å². The molecule has 0 aromatic heterocycles. The molecular weight excluding hydrogens is 468 g/mol. The van der Waals surface area contributed by atoms with E-state index in [-0.39, 0.29) is 16.2 Å². The minimum absolute atomic E-state index is 0.00894. The predicted molar refractivity (Wildman–Crippen MR) is 133 cm³/mol. The second-order valence-corrected chi connectivity index (χ2v) is 9.77. The van der Waals surface area contributed by atoms with Crippen molar-refractivity contribution in [2.45, 2.75) is 38.7 Å². The summed E-state index contributed by atoms with van der Waals surface area (Å²) in [5, 5.41) is 2.61. The molecule has 3 aromatic rings. The van der Waals surface area contributed by atoms with Crippen LogP contribution in [0.3, 0.4) is 0 Å². The number of esters is 1. The zero-order chi connectivity index (χ0) is 25.8. The minimum Gasteiger partial charge on any atom is -0.449 e.